The molecule has 4 rings (SSSR count). The van der Waals surface area contributed by atoms with Crippen LogP contribution in [0.1, 0.15) is 53.9 Å². The van der Waals surface area contributed by atoms with Crippen LogP contribution in [0, 0.1) is 26.6 Å². The summed E-state index contributed by atoms with van der Waals surface area (Å²) in [5.41, 5.74) is 2.62. The molecule has 10 heteroatoms. The van der Waals surface area contributed by atoms with Crippen molar-refractivity contribution < 1.29 is 17.6 Å². The van der Waals surface area contributed by atoms with Crippen LogP contribution in [-0.2, 0) is 10.0 Å². The maximum absolute atomic E-state index is 14.9. The number of nitrogens with zero attached hydrogens (tertiary/aromatic N) is 3. The van der Waals surface area contributed by atoms with Gasteiger partial charge in [0.1, 0.15) is 12.0 Å². The number of hydrogen-bond acceptors (Lipinski definition) is 6. The summed E-state index contributed by atoms with van der Waals surface area (Å²) >= 11 is 0. The molecule has 0 saturated carbocycles. The van der Waals surface area contributed by atoms with Crippen molar-refractivity contribution in [2.24, 2.45) is 0 Å². The minimum absolute atomic E-state index is 0. The van der Waals surface area contributed by atoms with Crippen LogP contribution in [0.25, 0.3) is 11.0 Å². The van der Waals surface area contributed by atoms with E-state index < -0.39 is 21.6 Å². The predicted molar refractivity (Wildman–Crippen MR) is 139 cm³/mol. The van der Waals surface area contributed by atoms with Crippen LogP contribution in [0.3, 0.4) is 0 Å². The first-order valence-electron chi connectivity index (χ1n) is 10.5. The highest BCUT2D eigenvalue weighted by Gasteiger charge is 2.24. The Morgan fingerprint density at radius 2 is 1.69 bits per heavy atom. The second-order valence-corrected chi connectivity index (χ2v) is 8.97. The summed E-state index contributed by atoms with van der Waals surface area (Å²) in [4.78, 5) is 27.6. The fourth-order valence-electron chi connectivity index (χ4n) is 3.15. The molecule has 0 atom stereocenters. The molecular formula is C25H32FN5O3S. The lowest BCUT2D eigenvalue weighted by atomic mass is 9.96. The van der Waals surface area contributed by atoms with Gasteiger partial charge in [0, 0.05) is 35.7 Å². The van der Waals surface area contributed by atoms with Crippen molar-refractivity contribution in [3.8, 4) is 0 Å². The Morgan fingerprint density at radius 1 is 1.06 bits per heavy atom. The van der Waals surface area contributed by atoms with Gasteiger partial charge in [-0.05, 0) is 49.6 Å². The van der Waals surface area contributed by atoms with E-state index in [-0.39, 0.29) is 18.7 Å². The molecule has 0 fully saturated rings. The molecule has 2 N–H and O–H groups in total. The Labute approximate surface area is 206 Å². The van der Waals surface area contributed by atoms with Gasteiger partial charge in [-0.25, -0.2) is 27.8 Å². The SMILES string of the molecule is C.CC.Cc1ccc(NS(C)(=O)=O)c(F)c1C(=O)c1c[nH]c2ncc(C)c(C)c12.c1cncnc1. The number of aromatic amines is 1. The second kappa shape index (κ2) is 12.7. The van der Waals surface area contributed by atoms with Crippen LogP contribution < -0.4 is 4.72 Å². The number of benzene rings is 1. The van der Waals surface area contributed by atoms with E-state index in [1.807, 2.05) is 27.7 Å². The monoisotopic (exact) mass is 501 g/mol. The van der Waals surface area contributed by atoms with Crippen LogP contribution in [0.4, 0.5) is 10.1 Å². The maximum atomic E-state index is 14.9. The fraction of sp³-hybridized carbons (Fsp3) is 0.280. The number of fused-ring (bicyclic) bond motifs is 1. The van der Waals surface area contributed by atoms with E-state index in [2.05, 4.69) is 24.7 Å². The molecule has 0 aliphatic rings. The van der Waals surface area contributed by atoms with Gasteiger partial charge in [-0.2, -0.15) is 0 Å². The molecule has 3 heterocycles. The first-order chi connectivity index (χ1) is 16.1. The van der Waals surface area contributed by atoms with E-state index in [0.717, 1.165) is 17.4 Å². The summed E-state index contributed by atoms with van der Waals surface area (Å²) in [5.74, 6) is -1.42. The Hall–Kier alpha value is -3.66. The molecule has 4 aromatic rings. The summed E-state index contributed by atoms with van der Waals surface area (Å²) in [6.07, 6.45) is 9.00. The minimum Gasteiger partial charge on any atom is -0.345 e. The van der Waals surface area contributed by atoms with Crippen LogP contribution in [0.15, 0.2) is 49.3 Å². The summed E-state index contributed by atoms with van der Waals surface area (Å²) in [6, 6.07) is 4.59. The first kappa shape index (κ1) is 29.4. The lowest BCUT2D eigenvalue weighted by Crippen LogP contribution is -2.14. The average molecular weight is 502 g/mol. The van der Waals surface area contributed by atoms with Crippen molar-refractivity contribution >= 4 is 32.5 Å². The van der Waals surface area contributed by atoms with E-state index in [4.69, 9.17) is 0 Å². The number of rotatable bonds is 4. The second-order valence-electron chi connectivity index (χ2n) is 7.22. The Kier molecular flexibility index (Phi) is 10.7. The number of ketones is 1. The maximum Gasteiger partial charge on any atom is 0.229 e. The number of aromatic nitrogens is 4. The molecule has 1 aromatic carbocycles. The van der Waals surface area contributed by atoms with Gasteiger partial charge in [-0.15, -0.1) is 0 Å². The summed E-state index contributed by atoms with van der Waals surface area (Å²) < 4.78 is 39.9. The van der Waals surface area contributed by atoms with Crippen molar-refractivity contribution in [1.29, 1.82) is 0 Å². The van der Waals surface area contributed by atoms with Crippen LogP contribution >= 0.6 is 0 Å². The number of nitrogens with one attached hydrogen (secondary N) is 2. The summed E-state index contributed by atoms with van der Waals surface area (Å²) in [5, 5.41) is 0.635. The molecule has 0 spiro atoms. The standard InChI is InChI=1S/C18H18FN3O3S.C4H4N2.C2H6.CH4/c1-9-5-6-13(22-26(4,24)25)16(19)14(9)17(23)12-8-21-18-15(12)11(3)10(2)7-20-18;1-2-5-4-6-3-1;1-2;/h5-8,22H,1-4H3,(H,20,21);1-4H;1-2H3;1H4. The lowest BCUT2D eigenvalue weighted by molar-refractivity contribution is 0.103. The highest BCUT2D eigenvalue weighted by molar-refractivity contribution is 7.92. The molecule has 0 aliphatic heterocycles. The van der Waals surface area contributed by atoms with Crippen molar-refractivity contribution in [1.82, 2.24) is 19.9 Å². The average Bonchev–Trinajstić information content (AvgIpc) is 3.25. The largest absolute Gasteiger partial charge is 0.345 e. The first-order valence-corrected chi connectivity index (χ1v) is 12.4. The highest BCUT2D eigenvalue weighted by Crippen LogP contribution is 2.29. The van der Waals surface area contributed by atoms with Gasteiger partial charge in [-0.1, -0.05) is 27.3 Å². The Bertz CT molecular complexity index is 1360. The predicted octanol–water partition coefficient (Wildman–Crippen LogP) is 5.37. The number of H-pyrrole nitrogens is 1. The molecular weight excluding hydrogens is 469 g/mol. The lowest BCUT2D eigenvalue weighted by Gasteiger charge is -2.12. The van der Waals surface area contributed by atoms with E-state index in [9.17, 15) is 17.6 Å². The van der Waals surface area contributed by atoms with Crippen molar-refractivity contribution in [3.05, 3.63) is 82.9 Å². The third-order valence-electron chi connectivity index (χ3n) is 4.81. The molecule has 0 bridgehead atoms. The minimum atomic E-state index is -3.67. The Morgan fingerprint density at radius 3 is 2.20 bits per heavy atom. The molecule has 0 amide bonds. The zero-order valence-electron chi connectivity index (χ0n) is 20.0. The molecule has 0 aliphatic carbocycles. The number of pyridine rings is 1. The van der Waals surface area contributed by atoms with Crippen molar-refractivity contribution in [2.45, 2.75) is 42.0 Å². The molecule has 0 saturated heterocycles. The zero-order valence-corrected chi connectivity index (χ0v) is 20.8. The number of carbonyl (C=O) groups is 1. The summed E-state index contributed by atoms with van der Waals surface area (Å²) in [6.45, 7) is 9.35. The van der Waals surface area contributed by atoms with Gasteiger partial charge >= 0.3 is 0 Å². The van der Waals surface area contributed by atoms with Crippen LogP contribution in [0.2, 0.25) is 0 Å². The number of hydrogen-bond donors (Lipinski definition) is 2. The number of aryl methyl sites for hydroxylation is 3. The zero-order chi connectivity index (χ0) is 25.5. The normalized spacial score (nSPS) is 10.3. The van der Waals surface area contributed by atoms with Gasteiger partial charge < -0.3 is 4.98 Å². The van der Waals surface area contributed by atoms with Gasteiger partial charge in [0.25, 0.3) is 0 Å². The van der Waals surface area contributed by atoms with Crippen LogP contribution in [0.5, 0.6) is 0 Å². The topological polar surface area (TPSA) is 118 Å². The number of carbonyl (C=O) groups excluding carboxylic acids is 1. The van der Waals surface area contributed by atoms with Gasteiger partial charge in [-0.3, -0.25) is 9.52 Å². The number of halogens is 1. The molecule has 0 radical (unpaired) electrons. The summed E-state index contributed by atoms with van der Waals surface area (Å²) in [7, 11) is -3.67. The number of sulfonamides is 1. The Balaban J connectivity index is 0.000000586. The van der Waals surface area contributed by atoms with Gasteiger partial charge in [0.2, 0.25) is 10.0 Å². The van der Waals surface area contributed by atoms with E-state index in [1.165, 1.54) is 24.7 Å². The van der Waals surface area contributed by atoms with Crippen molar-refractivity contribution in [2.75, 3.05) is 11.0 Å². The molecule has 35 heavy (non-hydrogen) atoms. The van der Waals surface area contributed by atoms with E-state index in [0.29, 0.717) is 22.2 Å². The third-order valence-corrected chi connectivity index (χ3v) is 5.40. The smallest absolute Gasteiger partial charge is 0.229 e. The molecule has 188 valence electrons. The third kappa shape index (κ3) is 7.16. The van der Waals surface area contributed by atoms with Gasteiger partial charge in [0.15, 0.2) is 11.6 Å². The van der Waals surface area contributed by atoms with E-state index >= 15 is 0 Å². The quantitative estimate of drug-likeness (QED) is 0.363. The molecule has 8 nitrogen and oxygen atoms in total. The highest BCUT2D eigenvalue weighted by atomic mass is 32.2. The van der Waals surface area contributed by atoms with Crippen molar-refractivity contribution in [3.63, 3.8) is 0 Å². The fourth-order valence-corrected chi connectivity index (χ4v) is 3.70. The van der Waals surface area contributed by atoms with Crippen LogP contribution in [-0.4, -0.2) is 40.4 Å². The van der Waals surface area contributed by atoms with Gasteiger partial charge in [0.05, 0.1) is 17.5 Å². The van der Waals surface area contributed by atoms with E-state index in [1.54, 1.807) is 31.6 Å². The number of anilines is 1. The molecule has 3 aromatic heterocycles. The molecule has 0 unspecified atom stereocenters.